The number of sulfone groups is 1. The Kier molecular flexibility index (Phi) is 6.88. The van der Waals surface area contributed by atoms with Gasteiger partial charge in [-0.25, -0.2) is 16.8 Å². The first-order valence-corrected chi connectivity index (χ1v) is 13.8. The van der Waals surface area contributed by atoms with E-state index in [9.17, 15) is 21.6 Å². The Hall–Kier alpha value is -2.23. The van der Waals surface area contributed by atoms with Gasteiger partial charge in [0.05, 0.1) is 10.6 Å². The molecule has 1 amide bonds. The predicted octanol–water partition coefficient (Wildman–Crippen LogP) is 2.85. The lowest BCUT2D eigenvalue weighted by atomic mass is 10.0. The number of anilines is 1. The van der Waals surface area contributed by atoms with Crippen molar-refractivity contribution in [3.63, 3.8) is 0 Å². The van der Waals surface area contributed by atoms with Gasteiger partial charge in [0.2, 0.25) is 10.0 Å². The molecule has 2 aromatic carbocycles. The van der Waals surface area contributed by atoms with Crippen LogP contribution in [0.1, 0.15) is 41.8 Å². The third kappa shape index (κ3) is 5.16. The van der Waals surface area contributed by atoms with Crippen LogP contribution in [0, 0.1) is 0 Å². The summed E-state index contributed by atoms with van der Waals surface area (Å²) in [6, 6.07) is 11.6. The highest BCUT2D eigenvalue weighted by Gasteiger charge is 2.27. The van der Waals surface area contributed by atoms with E-state index in [-0.39, 0.29) is 16.6 Å². The van der Waals surface area contributed by atoms with Gasteiger partial charge in [-0.05, 0) is 54.3 Å². The molecular weight excluding hydrogens is 436 g/mol. The number of benzene rings is 2. The Morgan fingerprint density at radius 1 is 1.03 bits per heavy atom. The number of aryl methyl sites for hydroxylation is 1. The summed E-state index contributed by atoms with van der Waals surface area (Å²) in [7, 11) is -6.78. The van der Waals surface area contributed by atoms with Crippen molar-refractivity contribution < 1.29 is 21.6 Å². The molecule has 2 aromatic rings. The van der Waals surface area contributed by atoms with Crippen molar-refractivity contribution in [2.24, 2.45) is 0 Å². The minimum atomic E-state index is -3.57. The molecular formula is C22H28N2O5S2. The van der Waals surface area contributed by atoms with Crippen molar-refractivity contribution in [3.05, 3.63) is 59.2 Å². The highest BCUT2D eigenvalue weighted by molar-refractivity contribution is 7.90. The molecule has 0 unspecified atom stereocenters. The first kappa shape index (κ1) is 23.4. The Bertz CT molecular complexity index is 1190. The predicted molar refractivity (Wildman–Crippen MR) is 122 cm³/mol. The van der Waals surface area contributed by atoms with Crippen LogP contribution in [0.4, 0.5) is 5.69 Å². The van der Waals surface area contributed by atoms with Crippen LogP contribution in [-0.2, 0) is 32.0 Å². The Labute approximate surface area is 184 Å². The maximum atomic E-state index is 13.2. The van der Waals surface area contributed by atoms with Crippen LogP contribution in [0.2, 0.25) is 0 Å². The molecule has 168 valence electrons. The number of rotatable bonds is 7. The van der Waals surface area contributed by atoms with Gasteiger partial charge in [0, 0.05) is 37.1 Å². The smallest absolute Gasteiger partial charge is 0.258 e. The molecule has 0 radical (unpaired) electrons. The lowest BCUT2D eigenvalue weighted by molar-refractivity contribution is 0.0985. The van der Waals surface area contributed by atoms with E-state index in [0.717, 1.165) is 18.2 Å². The quantitative estimate of drug-likeness (QED) is 0.628. The number of carbonyl (C=O) groups excluding carboxylic acids is 1. The molecule has 0 atom stereocenters. The lowest BCUT2D eigenvalue weighted by Crippen LogP contribution is -2.36. The summed E-state index contributed by atoms with van der Waals surface area (Å²) < 4.78 is 50.3. The van der Waals surface area contributed by atoms with E-state index in [0.29, 0.717) is 42.9 Å². The van der Waals surface area contributed by atoms with Crippen LogP contribution < -0.4 is 4.90 Å². The maximum Gasteiger partial charge on any atom is 0.258 e. The third-order valence-electron chi connectivity index (χ3n) is 5.36. The van der Waals surface area contributed by atoms with E-state index in [4.69, 9.17) is 0 Å². The van der Waals surface area contributed by atoms with Gasteiger partial charge in [0.15, 0.2) is 9.84 Å². The van der Waals surface area contributed by atoms with Crippen LogP contribution in [-0.4, -0.2) is 52.9 Å². The molecule has 1 aliphatic rings. The fourth-order valence-electron chi connectivity index (χ4n) is 3.91. The standard InChI is InChI=1S/C22H28N2O5S2/c1-4-23(5-2)31(28,29)20-11-12-21-18(15-20)10-7-13-24(21)22(25)19-9-6-8-17(14-19)16-30(3,26)27/h6,8-9,11-12,14-15H,4-5,7,10,13,16H2,1-3H3. The zero-order valence-electron chi connectivity index (χ0n) is 18.0. The van der Waals surface area contributed by atoms with Crippen molar-refractivity contribution in [3.8, 4) is 0 Å². The average Bonchev–Trinajstić information content (AvgIpc) is 2.72. The second-order valence-electron chi connectivity index (χ2n) is 7.71. The molecule has 3 rings (SSSR count). The summed E-state index contributed by atoms with van der Waals surface area (Å²) in [6.07, 6.45) is 2.57. The van der Waals surface area contributed by atoms with Crippen molar-refractivity contribution in [1.29, 1.82) is 0 Å². The lowest BCUT2D eigenvalue weighted by Gasteiger charge is -2.30. The largest absolute Gasteiger partial charge is 0.308 e. The highest BCUT2D eigenvalue weighted by atomic mass is 32.2. The maximum absolute atomic E-state index is 13.2. The number of carbonyl (C=O) groups is 1. The zero-order chi connectivity index (χ0) is 22.8. The van der Waals surface area contributed by atoms with Crippen molar-refractivity contribution >= 4 is 31.5 Å². The molecule has 0 saturated heterocycles. The van der Waals surface area contributed by atoms with Gasteiger partial charge in [0.1, 0.15) is 0 Å². The highest BCUT2D eigenvalue weighted by Crippen LogP contribution is 2.31. The second-order valence-corrected chi connectivity index (χ2v) is 11.8. The molecule has 7 nitrogen and oxygen atoms in total. The Morgan fingerprint density at radius 3 is 2.39 bits per heavy atom. The van der Waals surface area contributed by atoms with Crippen LogP contribution >= 0.6 is 0 Å². The first-order chi connectivity index (χ1) is 14.6. The summed E-state index contributed by atoms with van der Waals surface area (Å²) in [4.78, 5) is 15.1. The molecule has 0 saturated carbocycles. The van der Waals surface area contributed by atoms with Crippen molar-refractivity contribution in [2.45, 2.75) is 37.3 Å². The van der Waals surface area contributed by atoms with Gasteiger partial charge >= 0.3 is 0 Å². The van der Waals surface area contributed by atoms with Gasteiger partial charge in [-0.15, -0.1) is 0 Å². The molecule has 0 bridgehead atoms. The van der Waals surface area contributed by atoms with Crippen LogP contribution in [0.3, 0.4) is 0 Å². The van der Waals surface area contributed by atoms with Crippen LogP contribution in [0.25, 0.3) is 0 Å². The number of hydrogen-bond acceptors (Lipinski definition) is 5. The Balaban J connectivity index is 1.94. The molecule has 0 fully saturated rings. The number of fused-ring (bicyclic) bond motifs is 1. The molecule has 0 spiro atoms. The van der Waals surface area contributed by atoms with Gasteiger partial charge in [-0.2, -0.15) is 4.31 Å². The van der Waals surface area contributed by atoms with Crippen molar-refractivity contribution in [1.82, 2.24) is 4.31 Å². The van der Waals surface area contributed by atoms with E-state index in [1.165, 1.54) is 4.31 Å². The summed E-state index contributed by atoms with van der Waals surface area (Å²) >= 11 is 0. The summed E-state index contributed by atoms with van der Waals surface area (Å²) in [5.41, 5.74) is 2.49. The zero-order valence-corrected chi connectivity index (χ0v) is 19.7. The molecule has 1 aliphatic heterocycles. The summed E-state index contributed by atoms with van der Waals surface area (Å²) in [5, 5.41) is 0. The Morgan fingerprint density at radius 2 is 1.74 bits per heavy atom. The summed E-state index contributed by atoms with van der Waals surface area (Å²) in [5.74, 6) is -0.354. The van der Waals surface area contributed by atoms with E-state index in [1.807, 2.05) is 0 Å². The topological polar surface area (TPSA) is 91.8 Å². The van der Waals surface area contributed by atoms with E-state index >= 15 is 0 Å². The number of amides is 1. The van der Waals surface area contributed by atoms with E-state index in [2.05, 4.69) is 0 Å². The van der Waals surface area contributed by atoms with E-state index < -0.39 is 19.9 Å². The second kappa shape index (κ2) is 9.10. The fourth-order valence-corrected chi connectivity index (χ4v) is 6.20. The first-order valence-electron chi connectivity index (χ1n) is 10.3. The SMILES string of the molecule is CCN(CC)S(=O)(=O)c1ccc2c(c1)CCCN2C(=O)c1cccc(CS(C)(=O)=O)c1. The third-order valence-corrected chi connectivity index (χ3v) is 8.26. The molecule has 31 heavy (non-hydrogen) atoms. The van der Waals surface area contributed by atoms with Crippen molar-refractivity contribution in [2.75, 3.05) is 30.8 Å². The fraction of sp³-hybridized carbons (Fsp3) is 0.409. The molecule has 0 aromatic heterocycles. The minimum absolute atomic E-state index is 0.128. The molecule has 0 N–H and O–H groups in total. The monoisotopic (exact) mass is 464 g/mol. The van der Waals surface area contributed by atoms with Gasteiger partial charge < -0.3 is 4.90 Å². The molecule has 9 heteroatoms. The molecule has 1 heterocycles. The van der Waals surface area contributed by atoms with Gasteiger partial charge in [-0.3, -0.25) is 4.79 Å². The minimum Gasteiger partial charge on any atom is -0.308 e. The van der Waals surface area contributed by atoms with Gasteiger partial charge in [-0.1, -0.05) is 26.0 Å². The number of hydrogen-bond donors (Lipinski definition) is 0. The van der Waals surface area contributed by atoms with Crippen LogP contribution in [0.15, 0.2) is 47.4 Å². The van der Waals surface area contributed by atoms with Crippen LogP contribution in [0.5, 0.6) is 0 Å². The number of sulfonamides is 1. The number of nitrogens with zero attached hydrogens (tertiary/aromatic N) is 2. The summed E-state index contributed by atoms with van der Waals surface area (Å²) in [6.45, 7) is 4.91. The van der Waals surface area contributed by atoms with Gasteiger partial charge in [0.25, 0.3) is 5.91 Å². The van der Waals surface area contributed by atoms with E-state index in [1.54, 1.807) is 61.2 Å². The normalized spacial score (nSPS) is 14.5. The molecule has 0 aliphatic carbocycles. The average molecular weight is 465 g/mol.